The van der Waals surface area contributed by atoms with Gasteiger partial charge in [0.05, 0.1) is 11.0 Å². The summed E-state index contributed by atoms with van der Waals surface area (Å²) in [7, 11) is 0. The minimum Gasteiger partial charge on any atom is -0.369 e. The maximum atomic E-state index is 13.3. The lowest BCUT2D eigenvalue weighted by atomic mass is 9.76. The van der Waals surface area contributed by atoms with Crippen LogP contribution in [0.4, 0.5) is 13.2 Å². The molecule has 1 aromatic rings. The molecule has 26 heavy (non-hydrogen) atoms. The summed E-state index contributed by atoms with van der Waals surface area (Å²) in [5.41, 5.74) is 4.18. The Kier molecular flexibility index (Phi) is 4.99. The van der Waals surface area contributed by atoms with E-state index in [1.165, 1.54) is 6.07 Å². The Labute approximate surface area is 150 Å². The molecule has 1 aliphatic heterocycles. The van der Waals surface area contributed by atoms with E-state index in [0.717, 1.165) is 25.0 Å². The van der Waals surface area contributed by atoms with E-state index in [9.17, 15) is 22.8 Å². The normalized spacial score (nSPS) is 21.0. The number of hydrogen-bond donors (Lipinski definition) is 1. The van der Waals surface area contributed by atoms with Gasteiger partial charge in [0.2, 0.25) is 11.8 Å². The summed E-state index contributed by atoms with van der Waals surface area (Å²) < 4.78 is 39.3. The largest absolute Gasteiger partial charge is 0.416 e. The maximum absolute atomic E-state index is 13.3. The van der Waals surface area contributed by atoms with Crippen LogP contribution in [-0.2, 0) is 21.2 Å². The Morgan fingerprint density at radius 2 is 1.73 bits per heavy atom. The average molecular weight is 368 g/mol. The van der Waals surface area contributed by atoms with E-state index in [0.29, 0.717) is 44.3 Å². The van der Waals surface area contributed by atoms with Gasteiger partial charge in [-0.1, -0.05) is 31.0 Å². The number of piperidine rings is 1. The highest BCUT2D eigenvalue weighted by Gasteiger charge is 2.46. The molecular formula is C19H23F3N2O2. The molecule has 3 rings (SSSR count). The lowest BCUT2D eigenvalue weighted by molar-refractivity contribution is -0.141. The fourth-order valence-electron chi connectivity index (χ4n) is 4.27. The number of alkyl halides is 3. The zero-order chi connectivity index (χ0) is 18.9. The SMILES string of the molecule is NC(=O)C1CCN(C(=O)C2(c3cccc(C(F)(F)F)c3)CCCC2)CC1. The van der Waals surface area contributed by atoms with Gasteiger partial charge < -0.3 is 10.6 Å². The topological polar surface area (TPSA) is 63.4 Å². The number of carbonyl (C=O) groups excluding carboxylic acids is 2. The zero-order valence-electron chi connectivity index (χ0n) is 14.5. The van der Waals surface area contributed by atoms with Gasteiger partial charge in [-0.2, -0.15) is 13.2 Å². The van der Waals surface area contributed by atoms with Crippen LogP contribution in [0.2, 0.25) is 0 Å². The van der Waals surface area contributed by atoms with Gasteiger partial charge in [-0.3, -0.25) is 9.59 Å². The Morgan fingerprint density at radius 1 is 1.12 bits per heavy atom. The van der Waals surface area contributed by atoms with Crippen molar-refractivity contribution in [3.63, 3.8) is 0 Å². The zero-order valence-corrected chi connectivity index (χ0v) is 14.5. The van der Waals surface area contributed by atoms with E-state index in [2.05, 4.69) is 0 Å². The third kappa shape index (κ3) is 3.44. The van der Waals surface area contributed by atoms with Crippen LogP contribution in [0.5, 0.6) is 0 Å². The molecular weight excluding hydrogens is 345 g/mol. The molecule has 0 atom stereocenters. The molecule has 0 radical (unpaired) electrons. The van der Waals surface area contributed by atoms with E-state index in [4.69, 9.17) is 5.73 Å². The summed E-state index contributed by atoms with van der Waals surface area (Å²) in [6.45, 7) is 0.848. The van der Waals surface area contributed by atoms with Crippen molar-refractivity contribution in [1.82, 2.24) is 4.90 Å². The van der Waals surface area contributed by atoms with Gasteiger partial charge in [-0.05, 0) is 37.3 Å². The van der Waals surface area contributed by atoms with Crippen LogP contribution < -0.4 is 5.73 Å². The highest BCUT2D eigenvalue weighted by Crippen LogP contribution is 2.44. The molecule has 1 aromatic carbocycles. The van der Waals surface area contributed by atoms with E-state index in [1.54, 1.807) is 11.0 Å². The molecule has 4 nitrogen and oxygen atoms in total. The van der Waals surface area contributed by atoms with Gasteiger partial charge in [0.1, 0.15) is 0 Å². The fraction of sp³-hybridized carbons (Fsp3) is 0.579. The number of likely N-dealkylation sites (tertiary alicyclic amines) is 1. The number of benzene rings is 1. The molecule has 1 heterocycles. The first-order chi connectivity index (χ1) is 12.2. The molecule has 7 heteroatoms. The van der Waals surface area contributed by atoms with Gasteiger partial charge in [0.25, 0.3) is 0 Å². The van der Waals surface area contributed by atoms with Crippen molar-refractivity contribution in [3.05, 3.63) is 35.4 Å². The highest BCUT2D eigenvalue weighted by molar-refractivity contribution is 5.89. The summed E-state index contributed by atoms with van der Waals surface area (Å²) in [5, 5.41) is 0. The second-order valence-corrected chi connectivity index (χ2v) is 7.34. The Hall–Kier alpha value is -2.05. The Morgan fingerprint density at radius 3 is 2.27 bits per heavy atom. The van der Waals surface area contributed by atoms with Crippen LogP contribution >= 0.6 is 0 Å². The molecule has 2 amide bonds. The minimum atomic E-state index is -4.43. The van der Waals surface area contributed by atoms with Gasteiger partial charge in [0, 0.05) is 19.0 Å². The summed E-state index contributed by atoms with van der Waals surface area (Å²) in [4.78, 5) is 26.3. The van der Waals surface area contributed by atoms with Crippen molar-refractivity contribution in [2.75, 3.05) is 13.1 Å². The lowest BCUT2D eigenvalue weighted by Gasteiger charge is -2.38. The molecule has 1 aliphatic carbocycles. The first-order valence-electron chi connectivity index (χ1n) is 9.00. The van der Waals surface area contributed by atoms with Crippen LogP contribution in [0.3, 0.4) is 0 Å². The van der Waals surface area contributed by atoms with Gasteiger partial charge in [-0.15, -0.1) is 0 Å². The number of hydrogen-bond acceptors (Lipinski definition) is 2. The van der Waals surface area contributed by atoms with Crippen LogP contribution in [-0.4, -0.2) is 29.8 Å². The quantitative estimate of drug-likeness (QED) is 0.890. The molecule has 0 spiro atoms. The third-order valence-corrected chi connectivity index (χ3v) is 5.79. The molecule has 0 bridgehead atoms. The predicted octanol–water partition coefficient (Wildman–Crippen LogP) is 3.24. The predicted molar refractivity (Wildman–Crippen MR) is 90.1 cm³/mol. The summed E-state index contributed by atoms with van der Waals surface area (Å²) in [6.07, 6.45) is -0.649. The number of rotatable bonds is 3. The summed E-state index contributed by atoms with van der Waals surface area (Å²) in [5.74, 6) is -0.699. The molecule has 0 unspecified atom stereocenters. The van der Waals surface area contributed by atoms with E-state index in [-0.39, 0.29) is 17.7 Å². The number of amides is 2. The van der Waals surface area contributed by atoms with Crippen LogP contribution in [0.1, 0.15) is 49.7 Å². The number of nitrogens with zero attached hydrogens (tertiary/aromatic N) is 1. The first kappa shape index (κ1) is 18.7. The average Bonchev–Trinajstić information content (AvgIpc) is 3.11. The monoisotopic (exact) mass is 368 g/mol. The second kappa shape index (κ2) is 6.93. The number of carbonyl (C=O) groups is 2. The minimum absolute atomic E-state index is 0.114. The van der Waals surface area contributed by atoms with Crippen LogP contribution in [0, 0.1) is 5.92 Å². The van der Waals surface area contributed by atoms with Gasteiger partial charge in [-0.25, -0.2) is 0 Å². The second-order valence-electron chi connectivity index (χ2n) is 7.34. The molecule has 1 saturated carbocycles. The molecule has 2 fully saturated rings. The number of nitrogens with two attached hydrogens (primary N) is 1. The standard InChI is InChI=1S/C19H23F3N2O2/c20-19(21,22)15-5-3-4-14(12-15)18(8-1-2-9-18)17(26)24-10-6-13(7-11-24)16(23)25/h3-5,12-13H,1-2,6-11H2,(H2,23,25). The molecule has 2 N–H and O–H groups in total. The fourth-order valence-corrected chi connectivity index (χ4v) is 4.27. The summed E-state index contributed by atoms with van der Waals surface area (Å²) >= 11 is 0. The molecule has 1 saturated heterocycles. The van der Waals surface area contributed by atoms with E-state index in [1.807, 2.05) is 0 Å². The number of primary amides is 1. The van der Waals surface area contributed by atoms with Crippen molar-refractivity contribution in [2.24, 2.45) is 11.7 Å². The van der Waals surface area contributed by atoms with Crippen LogP contribution in [0.25, 0.3) is 0 Å². The first-order valence-corrected chi connectivity index (χ1v) is 9.00. The lowest BCUT2D eigenvalue weighted by Crippen LogP contribution is -2.49. The van der Waals surface area contributed by atoms with Gasteiger partial charge in [0.15, 0.2) is 0 Å². The summed E-state index contributed by atoms with van der Waals surface area (Å²) in [6, 6.07) is 5.17. The Bertz CT molecular complexity index is 688. The van der Waals surface area contributed by atoms with Crippen molar-refractivity contribution in [1.29, 1.82) is 0 Å². The van der Waals surface area contributed by atoms with Crippen molar-refractivity contribution in [2.45, 2.75) is 50.1 Å². The molecule has 2 aliphatic rings. The smallest absolute Gasteiger partial charge is 0.369 e. The van der Waals surface area contributed by atoms with Crippen molar-refractivity contribution in [3.8, 4) is 0 Å². The molecule has 0 aromatic heterocycles. The highest BCUT2D eigenvalue weighted by atomic mass is 19.4. The van der Waals surface area contributed by atoms with Crippen molar-refractivity contribution >= 4 is 11.8 Å². The molecule has 142 valence electrons. The maximum Gasteiger partial charge on any atom is 0.416 e. The van der Waals surface area contributed by atoms with Crippen molar-refractivity contribution < 1.29 is 22.8 Å². The van der Waals surface area contributed by atoms with E-state index >= 15 is 0 Å². The van der Waals surface area contributed by atoms with Gasteiger partial charge >= 0.3 is 6.18 Å². The van der Waals surface area contributed by atoms with Crippen LogP contribution in [0.15, 0.2) is 24.3 Å². The van der Waals surface area contributed by atoms with E-state index < -0.39 is 17.2 Å². The number of halogens is 3. The Balaban J connectivity index is 1.87. The third-order valence-electron chi connectivity index (χ3n) is 5.79.